The number of nitrogens with one attached hydrogen (secondary N) is 1. The normalized spacial score (nSPS) is 16.4. The summed E-state index contributed by atoms with van der Waals surface area (Å²) >= 11 is 0. The first-order chi connectivity index (χ1) is 11.0. The number of hydrogen-bond acceptors (Lipinski definition) is 4. The molecular weight excluding hydrogens is 380 g/mol. The molecule has 146 valence electrons. The summed E-state index contributed by atoms with van der Waals surface area (Å²) in [5, 5.41) is 3.22. The summed E-state index contributed by atoms with van der Waals surface area (Å²) in [4.78, 5) is 2.07. The number of halogens is 5. The van der Waals surface area contributed by atoms with Crippen molar-refractivity contribution in [2.45, 2.75) is 25.1 Å². The third-order valence-corrected chi connectivity index (χ3v) is 4.09. The average Bonchev–Trinajstić information content (AvgIpc) is 2.55. The molecule has 1 heterocycles. The zero-order valence-electron chi connectivity index (χ0n) is 14.3. The smallest absolute Gasteiger partial charge is 0.389 e. The third-order valence-electron chi connectivity index (χ3n) is 4.09. The van der Waals surface area contributed by atoms with Crippen LogP contribution >= 0.6 is 24.8 Å². The molecule has 9 heteroatoms. The quantitative estimate of drug-likeness (QED) is 0.780. The number of alkyl halides is 3. The molecule has 4 nitrogen and oxygen atoms in total. The van der Waals surface area contributed by atoms with Gasteiger partial charge in [-0.1, -0.05) is 6.07 Å². The maximum Gasteiger partial charge on any atom is 0.389 e. The first kappa shape index (κ1) is 24.1. The van der Waals surface area contributed by atoms with Crippen molar-refractivity contribution in [2.24, 2.45) is 0 Å². The Kier molecular flexibility index (Phi) is 10.6. The molecule has 1 aliphatic heterocycles. The summed E-state index contributed by atoms with van der Waals surface area (Å²) in [6.45, 7) is 2.92. The van der Waals surface area contributed by atoms with Crippen molar-refractivity contribution in [3.8, 4) is 11.5 Å². The average molecular weight is 405 g/mol. The van der Waals surface area contributed by atoms with Crippen LogP contribution in [0.1, 0.15) is 24.4 Å². The molecule has 0 spiro atoms. The van der Waals surface area contributed by atoms with Gasteiger partial charge in [-0.3, -0.25) is 4.90 Å². The van der Waals surface area contributed by atoms with E-state index in [1.54, 1.807) is 18.2 Å². The van der Waals surface area contributed by atoms with E-state index in [2.05, 4.69) is 10.2 Å². The van der Waals surface area contributed by atoms with E-state index in [9.17, 15) is 13.2 Å². The Hall–Kier alpha value is -0.890. The van der Waals surface area contributed by atoms with Gasteiger partial charge in [-0.2, -0.15) is 13.2 Å². The Morgan fingerprint density at radius 3 is 2.04 bits per heavy atom. The summed E-state index contributed by atoms with van der Waals surface area (Å²) in [6.07, 6.45) is -5.02. The number of rotatable bonds is 6. The van der Waals surface area contributed by atoms with Crippen molar-refractivity contribution >= 4 is 24.8 Å². The molecule has 0 aliphatic carbocycles. The molecule has 1 atom stereocenters. The van der Waals surface area contributed by atoms with E-state index in [4.69, 9.17) is 9.47 Å². The lowest BCUT2D eigenvalue weighted by Crippen LogP contribution is -2.45. The van der Waals surface area contributed by atoms with Crippen LogP contribution in [0.15, 0.2) is 18.2 Å². The molecule has 0 unspecified atom stereocenters. The molecule has 1 aromatic rings. The molecule has 1 fully saturated rings. The van der Waals surface area contributed by atoms with Crippen LogP contribution in [0.3, 0.4) is 0 Å². The molecule has 2 rings (SSSR count). The summed E-state index contributed by atoms with van der Waals surface area (Å²) < 4.78 is 49.1. The minimum Gasteiger partial charge on any atom is -0.496 e. The monoisotopic (exact) mass is 404 g/mol. The Labute approximate surface area is 158 Å². The molecule has 0 radical (unpaired) electrons. The molecule has 1 N–H and O–H groups in total. The molecule has 0 saturated carbocycles. The van der Waals surface area contributed by atoms with Gasteiger partial charge in [-0.05, 0) is 18.6 Å². The molecule has 1 aliphatic rings. The van der Waals surface area contributed by atoms with Crippen molar-refractivity contribution < 1.29 is 22.6 Å². The number of piperazine rings is 1. The van der Waals surface area contributed by atoms with Crippen LogP contribution in [0.2, 0.25) is 0 Å². The highest BCUT2D eigenvalue weighted by atomic mass is 35.5. The Balaban J connectivity index is 0.00000288. The molecule has 0 aromatic heterocycles. The van der Waals surface area contributed by atoms with Crippen LogP contribution < -0.4 is 14.8 Å². The lowest BCUT2D eigenvalue weighted by Gasteiger charge is -2.36. The lowest BCUT2D eigenvalue weighted by molar-refractivity contribution is -0.138. The molecule has 0 bridgehead atoms. The van der Waals surface area contributed by atoms with Gasteiger partial charge in [0.1, 0.15) is 11.5 Å². The highest BCUT2D eigenvalue weighted by Gasteiger charge is 2.33. The maximum absolute atomic E-state index is 12.8. The van der Waals surface area contributed by atoms with E-state index >= 15 is 0 Å². The summed E-state index contributed by atoms with van der Waals surface area (Å²) in [5.41, 5.74) is 0.698. The van der Waals surface area contributed by atoms with Gasteiger partial charge in [-0.15, -0.1) is 24.8 Å². The van der Waals surface area contributed by atoms with Crippen molar-refractivity contribution in [1.29, 1.82) is 0 Å². The Morgan fingerprint density at radius 1 is 1.08 bits per heavy atom. The van der Waals surface area contributed by atoms with E-state index in [0.29, 0.717) is 30.2 Å². The highest BCUT2D eigenvalue weighted by molar-refractivity contribution is 5.85. The SMILES string of the molecule is COc1cccc(OC)c1[C@H](CCC(F)(F)F)N1CCNCC1.Cl.Cl. The largest absolute Gasteiger partial charge is 0.496 e. The maximum atomic E-state index is 12.8. The van der Waals surface area contributed by atoms with Crippen molar-refractivity contribution in [2.75, 3.05) is 40.4 Å². The Bertz CT molecular complexity index is 490. The van der Waals surface area contributed by atoms with Crippen LogP contribution in [-0.2, 0) is 0 Å². The van der Waals surface area contributed by atoms with Crippen molar-refractivity contribution in [1.82, 2.24) is 10.2 Å². The number of methoxy groups -OCH3 is 2. The Morgan fingerprint density at radius 2 is 1.60 bits per heavy atom. The standard InChI is InChI=1S/C16H23F3N2O2.2ClH/c1-22-13-4-3-5-14(23-2)15(13)12(6-7-16(17,18)19)21-10-8-20-9-11-21;;/h3-5,12,20H,6-11H2,1-2H3;2*1H/t12-;;/m0../s1. The second-order valence-corrected chi connectivity index (χ2v) is 5.53. The van der Waals surface area contributed by atoms with E-state index in [1.807, 2.05) is 0 Å². The van der Waals surface area contributed by atoms with Gasteiger partial charge < -0.3 is 14.8 Å². The summed E-state index contributed by atoms with van der Waals surface area (Å²) in [6, 6.07) is 4.92. The van der Waals surface area contributed by atoms with E-state index < -0.39 is 12.6 Å². The van der Waals surface area contributed by atoms with Gasteiger partial charge in [0.25, 0.3) is 0 Å². The first-order valence-electron chi connectivity index (χ1n) is 7.68. The number of hydrogen-bond donors (Lipinski definition) is 1. The van der Waals surface area contributed by atoms with E-state index in [-0.39, 0.29) is 37.3 Å². The fourth-order valence-corrected chi connectivity index (χ4v) is 3.01. The third kappa shape index (κ3) is 6.73. The molecule has 25 heavy (non-hydrogen) atoms. The van der Waals surface area contributed by atoms with Crippen LogP contribution in [0.5, 0.6) is 11.5 Å². The second kappa shape index (κ2) is 11.0. The van der Waals surface area contributed by atoms with Crippen molar-refractivity contribution in [3.05, 3.63) is 23.8 Å². The predicted molar refractivity (Wildman–Crippen MR) is 96.5 cm³/mol. The van der Waals surface area contributed by atoms with Crippen LogP contribution in [-0.4, -0.2) is 51.5 Å². The fraction of sp³-hybridized carbons (Fsp3) is 0.625. The molecular formula is C16H25Cl2F3N2O2. The first-order valence-corrected chi connectivity index (χ1v) is 7.68. The van der Waals surface area contributed by atoms with Gasteiger partial charge in [0.05, 0.1) is 19.8 Å². The minimum atomic E-state index is -4.18. The summed E-state index contributed by atoms with van der Waals surface area (Å²) in [7, 11) is 3.05. The van der Waals surface area contributed by atoms with E-state index in [0.717, 1.165) is 13.1 Å². The molecule has 1 aromatic carbocycles. The van der Waals surface area contributed by atoms with Crippen LogP contribution in [0, 0.1) is 0 Å². The van der Waals surface area contributed by atoms with E-state index in [1.165, 1.54) is 14.2 Å². The van der Waals surface area contributed by atoms with Gasteiger partial charge in [0.15, 0.2) is 0 Å². The molecule has 1 saturated heterocycles. The minimum absolute atomic E-state index is 0. The number of nitrogens with zero attached hydrogens (tertiary/aromatic N) is 1. The number of benzene rings is 1. The van der Waals surface area contributed by atoms with Gasteiger partial charge >= 0.3 is 6.18 Å². The van der Waals surface area contributed by atoms with Gasteiger partial charge in [0, 0.05) is 38.6 Å². The highest BCUT2D eigenvalue weighted by Crippen LogP contribution is 2.41. The zero-order chi connectivity index (χ0) is 16.9. The van der Waals surface area contributed by atoms with Gasteiger partial charge in [-0.25, -0.2) is 0 Å². The van der Waals surface area contributed by atoms with Crippen molar-refractivity contribution in [3.63, 3.8) is 0 Å². The van der Waals surface area contributed by atoms with Crippen LogP contribution in [0.4, 0.5) is 13.2 Å². The second-order valence-electron chi connectivity index (χ2n) is 5.53. The van der Waals surface area contributed by atoms with Gasteiger partial charge in [0.2, 0.25) is 0 Å². The predicted octanol–water partition coefficient (Wildman–Crippen LogP) is 3.84. The molecule has 0 amide bonds. The topological polar surface area (TPSA) is 33.7 Å². The number of ether oxygens (including phenoxy) is 2. The lowest BCUT2D eigenvalue weighted by atomic mass is 9.97. The van der Waals surface area contributed by atoms with Crippen LogP contribution in [0.25, 0.3) is 0 Å². The summed E-state index contributed by atoms with van der Waals surface area (Å²) in [5.74, 6) is 1.13. The zero-order valence-corrected chi connectivity index (χ0v) is 15.9. The fourth-order valence-electron chi connectivity index (χ4n) is 3.01.